The smallest absolute Gasteiger partial charge is 0.322 e. The van der Waals surface area contributed by atoms with Crippen LogP contribution in [0.5, 0.6) is 5.75 Å². The molecule has 0 saturated carbocycles. The Bertz CT molecular complexity index is 1400. The Hall–Kier alpha value is -3.51. The van der Waals surface area contributed by atoms with Gasteiger partial charge in [-0.25, -0.2) is 4.79 Å². The van der Waals surface area contributed by atoms with E-state index in [1.807, 2.05) is 65.6 Å². The number of para-hydroxylation sites is 1. The standard InChI is InChI=1S/C29H29N3O2S/c1-19-9-3-5-13-24(19)30-29(33)32-18-23-22-12-4-6-15-26(22)35-28(23)31-16-8-14-25(31)27(32)20-10-7-11-21(17-20)34-2/h3,5,7-11,13-14,16-17,27H,4,6,12,15,18H2,1-2H3,(H,30,33). The number of fused-ring (bicyclic) bond motifs is 5. The van der Waals surface area contributed by atoms with Crippen molar-refractivity contribution in [1.82, 2.24) is 9.47 Å². The van der Waals surface area contributed by atoms with Crippen LogP contribution in [0.1, 0.15) is 51.7 Å². The van der Waals surface area contributed by atoms with E-state index in [0.29, 0.717) is 6.54 Å². The maximum absolute atomic E-state index is 14.0. The highest BCUT2D eigenvalue weighted by molar-refractivity contribution is 7.15. The predicted molar refractivity (Wildman–Crippen MR) is 141 cm³/mol. The number of carbonyl (C=O) groups excluding carboxylic acids is 1. The van der Waals surface area contributed by atoms with Gasteiger partial charge in [-0.05, 0) is 79.6 Å². The SMILES string of the molecule is COc1cccc(C2c3cccn3-c3sc4c(c3CN2C(=O)Nc2ccccc2C)CCCC4)c1. The molecule has 1 N–H and O–H groups in total. The van der Waals surface area contributed by atoms with Crippen molar-refractivity contribution in [2.45, 2.75) is 45.2 Å². The maximum atomic E-state index is 14.0. The molecular weight excluding hydrogens is 454 g/mol. The van der Waals surface area contributed by atoms with E-state index in [0.717, 1.165) is 41.1 Å². The molecule has 3 heterocycles. The molecule has 5 nitrogen and oxygen atoms in total. The topological polar surface area (TPSA) is 46.5 Å². The molecule has 4 aromatic rings. The number of urea groups is 1. The molecule has 1 atom stereocenters. The number of hydrogen-bond acceptors (Lipinski definition) is 3. The average molecular weight is 484 g/mol. The molecule has 0 saturated heterocycles. The Morgan fingerprint density at radius 2 is 1.89 bits per heavy atom. The summed E-state index contributed by atoms with van der Waals surface area (Å²) in [6, 6.07) is 19.9. The number of nitrogens with one attached hydrogen (secondary N) is 1. The Morgan fingerprint density at radius 1 is 1.03 bits per heavy atom. The first-order chi connectivity index (χ1) is 17.1. The van der Waals surface area contributed by atoms with Crippen LogP contribution in [-0.2, 0) is 19.4 Å². The number of benzene rings is 2. The molecule has 6 heteroatoms. The molecule has 2 aromatic heterocycles. The van der Waals surface area contributed by atoms with Crippen molar-refractivity contribution in [3.05, 3.63) is 99.7 Å². The van der Waals surface area contributed by atoms with Gasteiger partial charge >= 0.3 is 6.03 Å². The first-order valence-corrected chi connectivity index (χ1v) is 13.0. The first kappa shape index (κ1) is 22.0. The Morgan fingerprint density at radius 3 is 2.74 bits per heavy atom. The summed E-state index contributed by atoms with van der Waals surface area (Å²) in [5, 5.41) is 4.47. The van der Waals surface area contributed by atoms with Crippen molar-refractivity contribution in [3.63, 3.8) is 0 Å². The van der Waals surface area contributed by atoms with Crippen LogP contribution in [0.2, 0.25) is 0 Å². The summed E-state index contributed by atoms with van der Waals surface area (Å²) in [7, 11) is 1.68. The molecule has 1 unspecified atom stereocenters. The molecule has 1 aliphatic carbocycles. The van der Waals surface area contributed by atoms with Gasteiger partial charge in [-0.1, -0.05) is 30.3 Å². The molecule has 0 bridgehead atoms. The minimum atomic E-state index is -0.247. The van der Waals surface area contributed by atoms with Crippen LogP contribution in [0.25, 0.3) is 5.00 Å². The zero-order valence-corrected chi connectivity index (χ0v) is 20.9. The van der Waals surface area contributed by atoms with Crippen LogP contribution in [0.4, 0.5) is 10.5 Å². The summed E-state index contributed by atoms with van der Waals surface area (Å²) in [5.41, 5.74) is 6.77. The van der Waals surface area contributed by atoms with E-state index in [2.05, 4.69) is 34.3 Å². The highest BCUT2D eigenvalue weighted by Gasteiger charge is 2.36. The van der Waals surface area contributed by atoms with Crippen LogP contribution in [-0.4, -0.2) is 22.6 Å². The third-order valence-electron chi connectivity index (χ3n) is 7.24. The molecule has 2 aromatic carbocycles. The van der Waals surface area contributed by atoms with Crippen LogP contribution in [0.3, 0.4) is 0 Å². The first-order valence-electron chi connectivity index (χ1n) is 12.2. The van der Waals surface area contributed by atoms with E-state index >= 15 is 0 Å². The van der Waals surface area contributed by atoms with E-state index in [4.69, 9.17) is 4.74 Å². The predicted octanol–water partition coefficient (Wildman–Crippen LogP) is 6.87. The molecule has 0 fully saturated rings. The molecule has 2 amide bonds. The largest absolute Gasteiger partial charge is 0.497 e. The van der Waals surface area contributed by atoms with E-state index < -0.39 is 0 Å². The second-order valence-electron chi connectivity index (χ2n) is 9.35. The summed E-state index contributed by atoms with van der Waals surface area (Å²) >= 11 is 1.90. The van der Waals surface area contributed by atoms with Gasteiger partial charge in [-0.2, -0.15) is 0 Å². The highest BCUT2D eigenvalue weighted by Crippen LogP contribution is 2.44. The number of aromatic nitrogens is 1. The molecule has 6 rings (SSSR count). The second-order valence-corrected chi connectivity index (χ2v) is 10.4. The van der Waals surface area contributed by atoms with Crippen LogP contribution >= 0.6 is 11.3 Å². The van der Waals surface area contributed by atoms with E-state index in [9.17, 15) is 4.79 Å². The second kappa shape index (κ2) is 8.93. The van der Waals surface area contributed by atoms with E-state index in [-0.39, 0.29) is 12.1 Å². The molecule has 178 valence electrons. The number of methoxy groups -OCH3 is 1. The molecule has 35 heavy (non-hydrogen) atoms. The van der Waals surface area contributed by atoms with Gasteiger partial charge in [-0.3, -0.25) is 0 Å². The van der Waals surface area contributed by atoms with E-state index in [1.54, 1.807) is 7.11 Å². The van der Waals surface area contributed by atoms with Crippen molar-refractivity contribution < 1.29 is 9.53 Å². The summed E-state index contributed by atoms with van der Waals surface area (Å²) < 4.78 is 7.86. The number of anilines is 1. The quantitative estimate of drug-likeness (QED) is 0.346. The van der Waals surface area contributed by atoms with Crippen LogP contribution in [0.15, 0.2) is 66.9 Å². The molecule has 0 radical (unpaired) electrons. The average Bonchev–Trinajstić information content (AvgIpc) is 3.47. The van der Waals surface area contributed by atoms with Crippen molar-refractivity contribution in [2.75, 3.05) is 12.4 Å². The van der Waals surface area contributed by atoms with Crippen LogP contribution < -0.4 is 10.1 Å². The number of rotatable bonds is 3. The Balaban J connectivity index is 1.51. The van der Waals surface area contributed by atoms with Gasteiger partial charge in [0.15, 0.2) is 0 Å². The number of nitrogens with zero attached hydrogens (tertiary/aromatic N) is 2. The third-order valence-corrected chi connectivity index (χ3v) is 8.57. The minimum Gasteiger partial charge on any atom is -0.497 e. The van der Waals surface area contributed by atoms with Crippen molar-refractivity contribution in [2.24, 2.45) is 0 Å². The lowest BCUT2D eigenvalue weighted by Gasteiger charge is -2.31. The molecule has 2 aliphatic rings. The fourth-order valence-electron chi connectivity index (χ4n) is 5.45. The summed E-state index contributed by atoms with van der Waals surface area (Å²) in [5.74, 6) is 0.788. The fourth-order valence-corrected chi connectivity index (χ4v) is 6.85. The van der Waals surface area contributed by atoms with Crippen molar-refractivity contribution in [3.8, 4) is 10.8 Å². The zero-order valence-electron chi connectivity index (χ0n) is 20.1. The van der Waals surface area contributed by atoms with Crippen molar-refractivity contribution in [1.29, 1.82) is 0 Å². The van der Waals surface area contributed by atoms with Gasteiger partial charge in [0.1, 0.15) is 10.8 Å². The Labute approximate surface area is 210 Å². The van der Waals surface area contributed by atoms with E-state index in [1.165, 1.54) is 33.8 Å². The van der Waals surface area contributed by atoms with Crippen LogP contribution in [0, 0.1) is 6.92 Å². The summed E-state index contributed by atoms with van der Waals surface area (Å²) in [6.07, 6.45) is 6.83. The number of thiophene rings is 1. The lowest BCUT2D eigenvalue weighted by Crippen LogP contribution is -2.38. The third kappa shape index (κ3) is 3.82. The zero-order chi connectivity index (χ0) is 23.9. The number of ether oxygens (including phenoxy) is 1. The van der Waals surface area contributed by atoms with Gasteiger partial charge in [-0.15, -0.1) is 11.3 Å². The summed E-state index contributed by atoms with van der Waals surface area (Å²) in [4.78, 5) is 17.5. The fraction of sp³-hybridized carbons (Fsp3) is 0.276. The molecular formula is C29H29N3O2S. The number of amides is 2. The van der Waals surface area contributed by atoms with Gasteiger partial charge in [0.05, 0.1) is 25.4 Å². The number of hydrogen-bond donors (Lipinski definition) is 1. The summed E-state index contributed by atoms with van der Waals surface area (Å²) in [6.45, 7) is 2.60. The van der Waals surface area contributed by atoms with Gasteiger partial charge in [0, 0.05) is 22.3 Å². The Kier molecular flexibility index (Phi) is 5.61. The molecule has 0 spiro atoms. The van der Waals surface area contributed by atoms with Gasteiger partial charge in [0.25, 0.3) is 0 Å². The number of carbonyl (C=O) groups is 1. The monoisotopic (exact) mass is 483 g/mol. The lowest BCUT2D eigenvalue weighted by atomic mass is 9.95. The van der Waals surface area contributed by atoms with Gasteiger partial charge in [0.2, 0.25) is 0 Å². The highest BCUT2D eigenvalue weighted by atomic mass is 32.1. The lowest BCUT2D eigenvalue weighted by molar-refractivity contribution is 0.194. The van der Waals surface area contributed by atoms with Gasteiger partial charge < -0.3 is 19.5 Å². The maximum Gasteiger partial charge on any atom is 0.322 e. The number of aryl methyl sites for hydroxylation is 2. The molecule has 1 aliphatic heterocycles. The minimum absolute atomic E-state index is 0.0940. The van der Waals surface area contributed by atoms with Crippen molar-refractivity contribution >= 4 is 23.1 Å². The normalized spacial score (nSPS) is 16.6.